The quantitative estimate of drug-likeness (QED) is 0.569. The second-order valence-corrected chi connectivity index (χ2v) is 11.3. The molecule has 0 aromatic rings. The molecule has 1 heterocycles. The average Bonchev–Trinajstić information content (AvgIpc) is 3.05. The smallest absolute Gasteiger partial charge is 0.310 e. The number of carbonyl (C=O) groups excluding carboxylic acids is 1. The molecule has 0 unspecified atom stereocenters. The van der Waals surface area contributed by atoms with Gasteiger partial charge in [-0.2, -0.15) is 0 Å². The molecule has 4 fully saturated rings. The monoisotopic (exact) mass is 372 g/mol. The van der Waals surface area contributed by atoms with Crippen LogP contribution in [0, 0.1) is 51.8 Å². The summed E-state index contributed by atoms with van der Waals surface area (Å²) in [4.78, 5) is 12.9. The van der Waals surface area contributed by atoms with Gasteiger partial charge in [0.1, 0.15) is 0 Å². The van der Waals surface area contributed by atoms with Crippen LogP contribution in [0.2, 0.25) is 0 Å². The number of ether oxygens (including phenoxy) is 1. The van der Waals surface area contributed by atoms with Crippen LogP contribution in [-0.4, -0.2) is 24.3 Å². The number of hydrogen-bond acceptors (Lipinski definition) is 3. The molecule has 6 aliphatic rings. The van der Waals surface area contributed by atoms with Crippen LogP contribution < -0.4 is 0 Å². The van der Waals surface area contributed by atoms with Gasteiger partial charge in [-0.15, -0.1) is 0 Å². The lowest BCUT2D eigenvalue weighted by Crippen LogP contribution is -2.64. The van der Waals surface area contributed by atoms with Crippen LogP contribution in [0.3, 0.4) is 0 Å². The molecule has 2 bridgehead atoms. The van der Waals surface area contributed by atoms with Crippen molar-refractivity contribution in [2.24, 2.45) is 51.8 Å². The highest BCUT2D eigenvalue weighted by Crippen LogP contribution is 2.74. The molecule has 1 aliphatic heterocycles. The van der Waals surface area contributed by atoms with E-state index in [2.05, 4.69) is 33.8 Å². The first-order valence-electron chi connectivity index (χ1n) is 11.3. The maximum absolute atomic E-state index is 12.9. The van der Waals surface area contributed by atoms with Crippen LogP contribution >= 0.6 is 0 Å². The highest BCUT2D eigenvalue weighted by Gasteiger charge is 2.70. The Bertz CT molecular complexity index is 696. The minimum Gasteiger partial charge on any atom is -0.465 e. The van der Waals surface area contributed by atoms with Crippen molar-refractivity contribution in [2.45, 2.75) is 66.2 Å². The standard InChI is InChI=1S/C24H36O3/c1-14(2)16-11-24-9-6-18-22(3,13-25)7-5-8-23(18,4)19(24)10-15(16)17-12-27-21(26)20(17)24/h11,14-15,17-20,25H,5-10,12-13H2,1-4H3/t15-,17+,18-,19+,20-,22-,23-,24-/m0/s1. The van der Waals surface area contributed by atoms with Crippen molar-refractivity contribution in [1.82, 2.24) is 0 Å². The summed E-state index contributed by atoms with van der Waals surface area (Å²) < 4.78 is 5.67. The number of cyclic esters (lactones) is 1. The fraction of sp³-hybridized carbons (Fsp3) is 0.875. The molecule has 1 saturated heterocycles. The van der Waals surface area contributed by atoms with Gasteiger partial charge in [-0.3, -0.25) is 4.79 Å². The van der Waals surface area contributed by atoms with Gasteiger partial charge in [0.2, 0.25) is 0 Å². The van der Waals surface area contributed by atoms with E-state index >= 15 is 0 Å². The largest absolute Gasteiger partial charge is 0.465 e. The van der Waals surface area contributed by atoms with Gasteiger partial charge in [-0.05, 0) is 66.6 Å². The van der Waals surface area contributed by atoms with Gasteiger partial charge < -0.3 is 9.84 Å². The van der Waals surface area contributed by atoms with Gasteiger partial charge in [0, 0.05) is 17.9 Å². The molecule has 6 rings (SSSR count). The molecule has 3 heteroatoms. The van der Waals surface area contributed by atoms with Crippen molar-refractivity contribution in [3.63, 3.8) is 0 Å². The average molecular weight is 373 g/mol. The summed E-state index contributed by atoms with van der Waals surface area (Å²) in [6.07, 6.45) is 9.69. The Labute approximate surface area is 163 Å². The number of hydrogen-bond donors (Lipinski definition) is 1. The molecule has 3 saturated carbocycles. The van der Waals surface area contributed by atoms with Crippen LogP contribution in [0.1, 0.15) is 66.2 Å². The predicted octanol–water partition coefficient (Wildman–Crippen LogP) is 4.59. The zero-order valence-corrected chi connectivity index (χ0v) is 17.5. The highest BCUT2D eigenvalue weighted by molar-refractivity contribution is 5.77. The zero-order valence-electron chi connectivity index (χ0n) is 17.5. The minimum atomic E-state index is 0.00551. The highest BCUT2D eigenvalue weighted by atomic mass is 16.5. The van der Waals surface area contributed by atoms with Gasteiger partial charge in [0.15, 0.2) is 0 Å². The van der Waals surface area contributed by atoms with Crippen LogP contribution in [0.4, 0.5) is 0 Å². The van der Waals surface area contributed by atoms with Crippen LogP contribution in [0.25, 0.3) is 0 Å². The number of rotatable bonds is 2. The van der Waals surface area contributed by atoms with E-state index < -0.39 is 0 Å². The number of esters is 1. The predicted molar refractivity (Wildman–Crippen MR) is 105 cm³/mol. The summed E-state index contributed by atoms with van der Waals surface area (Å²) in [5.41, 5.74) is 1.89. The van der Waals surface area contributed by atoms with Gasteiger partial charge in [0.05, 0.1) is 12.5 Å². The third kappa shape index (κ3) is 2.10. The Balaban J connectivity index is 1.64. The lowest BCUT2D eigenvalue weighted by molar-refractivity contribution is -0.187. The van der Waals surface area contributed by atoms with E-state index in [9.17, 15) is 9.90 Å². The van der Waals surface area contributed by atoms with Crippen molar-refractivity contribution >= 4 is 5.97 Å². The molecule has 0 aromatic carbocycles. The second kappa shape index (κ2) is 5.62. The molecule has 3 nitrogen and oxygen atoms in total. The minimum absolute atomic E-state index is 0.00551. The molecular weight excluding hydrogens is 336 g/mol. The van der Waals surface area contributed by atoms with E-state index in [0.717, 1.165) is 19.3 Å². The lowest BCUT2D eigenvalue weighted by Gasteiger charge is -2.68. The number of carbonyl (C=O) groups is 1. The second-order valence-electron chi connectivity index (χ2n) is 11.3. The summed E-state index contributed by atoms with van der Waals surface area (Å²) in [6, 6.07) is 0. The van der Waals surface area contributed by atoms with E-state index in [0.29, 0.717) is 42.8 Å². The molecule has 0 radical (unpaired) electrons. The Morgan fingerprint density at radius 2 is 2.00 bits per heavy atom. The summed E-state index contributed by atoms with van der Waals surface area (Å²) in [5.74, 6) is 2.79. The topological polar surface area (TPSA) is 46.5 Å². The van der Waals surface area contributed by atoms with Crippen molar-refractivity contribution in [3.8, 4) is 0 Å². The number of fused-ring (bicyclic) bond motifs is 1. The molecule has 0 aromatic heterocycles. The Morgan fingerprint density at radius 3 is 2.70 bits per heavy atom. The van der Waals surface area contributed by atoms with Crippen LogP contribution in [0.15, 0.2) is 11.6 Å². The molecule has 1 spiro atoms. The number of allylic oxidation sites excluding steroid dienone is 2. The van der Waals surface area contributed by atoms with Crippen molar-refractivity contribution in [2.75, 3.05) is 13.2 Å². The lowest BCUT2D eigenvalue weighted by atomic mass is 9.35. The summed E-state index contributed by atoms with van der Waals surface area (Å²) in [6.45, 7) is 10.4. The molecule has 8 atom stereocenters. The first-order valence-corrected chi connectivity index (χ1v) is 11.3. The van der Waals surface area contributed by atoms with E-state index in [4.69, 9.17) is 4.74 Å². The number of aliphatic hydroxyl groups is 1. The summed E-state index contributed by atoms with van der Waals surface area (Å²) in [5, 5.41) is 10.3. The number of aliphatic hydroxyl groups excluding tert-OH is 1. The van der Waals surface area contributed by atoms with Crippen molar-refractivity contribution < 1.29 is 14.6 Å². The summed E-state index contributed by atoms with van der Waals surface area (Å²) in [7, 11) is 0. The maximum atomic E-state index is 12.9. The van der Waals surface area contributed by atoms with Gasteiger partial charge in [0.25, 0.3) is 0 Å². The molecule has 5 aliphatic carbocycles. The Kier molecular flexibility index (Phi) is 3.79. The van der Waals surface area contributed by atoms with Gasteiger partial charge >= 0.3 is 5.97 Å². The molecular formula is C24H36O3. The van der Waals surface area contributed by atoms with Gasteiger partial charge in [-0.1, -0.05) is 45.8 Å². The zero-order chi connectivity index (χ0) is 19.2. The normalized spacial score (nSPS) is 53.5. The fourth-order valence-electron chi connectivity index (χ4n) is 8.94. The van der Waals surface area contributed by atoms with Crippen LogP contribution in [0.5, 0.6) is 0 Å². The summed E-state index contributed by atoms with van der Waals surface area (Å²) >= 11 is 0. The van der Waals surface area contributed by atoms with E-state index in [1.165, 1.54) is 19.3 Å². The third-order valence-electron chi connectivity index (χ3n) is 9.99. The van der Waals surface area contributed by atoms with Crippen molar-refractivity contribution in [3.05, 3.63) is 11.6 Å². The Hall–Kier alpha value is -0.830. The van der Waals surface area contributed by atoms with Crippen LogP contribution in [-0.2, 0) is 9.53 Å². The molecule has 1 N–H and O–H groups in total. The molecule has 27 heavy (non-hydrogen) atoms. The first-order chi connectivity index (χ1) is 12.8. The molecule has 0 amide bonds. The fourth-order valence-corrected chi connectivity index (χ4v) is 8.94. The molecule has 150 valence electrons. The van der Waals surface area contributed by atoms with E-state index in [-0.39, 0.29) is 28.1 Å². The van der Waals surface area contributed by atoms with Crippen molar-refractivity contribution in [1.29, 1.82) is 0 Å². The van der Waals surface area contributed by atoms with E-state index in [1.54, 1.807) is 5.57 Å². The third-order valence-corrected chi connectivity index (χ3v) is 9.99. The SMILES string of the molecule is CC(C)C1=C[C@@]23CC[C@H]4[C@](C)(CO)CCC[C@]4(C)[C@H]2C[C@@H]1[C@H]1COC(=O)[C@H]13. The first kappa shape index (κ1) is 18.2. The maximum Gasteiger partial charge on any atom is 0.310 e. The van der Waals surface area contributed by atoms with Gasteiger partial charge in [-0.25, -0.2) is 0 Å². The van der Waals surface area contributed by atoms with E-state index in [1.807, 2.05) is 0 Å². The Morgan fingerprint density at radius 1 is 1.22 bits per heavy atom.